The highest BCUT2D eigenvalue weighted by Crippen LogP contribution is 2.16. The number of carbonyl (C=O) groups is 3. The van der Waals surface area contributed by atoms with Crippen molar-refractivity contribution in [3.05, 3.63) is 85.1 Å². The minimum Gasteiger partial charge on any atom is -0.462 e. The van der Waals surface area contributed by atoms with Gasteiger partial charge in [0.15, 0.2) is 6.10 Å². The highest BCUT2D eigenvalue weighted by Gasteiger charge is 2.19. The maximum atomic E-state index is 12.8. The monoisotopic (exact) mass is 975 g/mol. The Morgan fingerprint density at radius 1 is 0.300 bits per heavy atom. The lowest BCUT2D eigenvalue weighted by atomic mass is 10.0. The third-order valence-corrected chi connectivity index (χ3v) is 12.7. The van der Waals surface area contributed by atoms with E-state index in [-0.39, 0.29) is 31.1 Å². The van der Waals surface area contributed by atoms with Gasteiger partial charge in [-0.05, 0) is 77.0 Å². The molecule has 402 valence electrons. The second-order valence-corrected chi connectivity index (χ2v) is 19.5. The van der Waals surface area contributed by atoms with Gasteiger partial charge in [-0.15, -0.1) is 0 Å². The molecule has 0 saturated carbocycles. The van der Waals surface area contributed by atoms with E-state index < -0.39 is 6.10 Å². The molecule has 0 spiro atoms. The molecule has 0 rings (SSSR count). The maximum absolute atomic E-state index is 12.8. The molecule has 0 bridgehead atoms. The number of esters is 3. The van der Waals surface area contributed by atoms with Crippen LogP contribution in [0.4, 0.5) is 0 Å². The average Bonchev–Trinajstić information content (AvgIpc) is 3.36. The van der Waals surface area contributed by atoms with Crippen molar-refractivity contribution in [2.75, 3.05) is 13.2 Å². The number of unbranched alkanes of at least 4 members (excludes halogenated alkanes) is 28. The predicted molar refractivity (Wildman–Crippen MR) is 302 cm³/mol. The number of hydrogen-bond acceptors (Lipinski definition) is 6. The Labute approximate surface area is 433 Å². The Morgan fingerprint density at radius 2 is 0.557 bits per heavy atom. The topological polar surface area (TPSA) is 78.9 Å². The van der Waals surface area contributed by atoms with Gasteiger partial charge in [-0.1, -0.05) is 273 Å². The highest BCUT2D eigenvalue weighted by atomic mass is 16.6. The second-order valence-electron chi connectivity index (χ2n) is 19.5. The van der Waals surface area contributed by atoms with Crippen LogP contribution in [0.25, 0.3) is 0 Å². The van der Waals surface area contributed by atoms with Crippen molar-refractivity contribution in [2.45, 2.75) is 290 Å². The van der Waals surface area contributed by atoms with Crippen LogP contribution in [0, 0.1) is 0 Å². The van der Waals surface area contributed by atoms with Gasteiger partial charge >= 0.3 is 17.9 Å². The number of hydrogen-bond donors (Lipinski definition) is 0. The summed E-state index contributed by atoms with van der Waals surface area (Å²) < 4.78 is 16.8. The summed E-state index contributed by atoms with van der Waals surface area (Å²) in [5.74, 6) is -0.891. The van der Waals surface area contributed by atoms with E-state index in [1.54, 1.807) is 0 Å². The van der Waals surface area contributed by atoms with E-state index in [1.807, 2.05) is 0 Å². The van der Waals surface area contributed by atoms with E-state index >= 15 is 0 Å². The molecule has 1 atom stereocenters. The van der Waals surface area contributed by atoms with Gasteiger partial charge in [0, 0.05) is 19.3 Å². The lowest BCUT2D eigenvalue weighted by Gasteiger charge is -2.18. The number of rotatable bonds is 53. The molecule has 0 aliphatic heterocycles. The molecule has 0 heterocycles. The van der Waals surface area contributed by atoms with Crippen molar-refractivity contribution in [1.29, 1.82) is 0 Å². The Balaban J connectivity index is 4.31. The summed E-state index contributed by atoms with van der Waals surface area (Å²) in [6, 6.07) is 0. The first-order chi connectivity index (χ1) is 34.5. The molecule has 0 aromatic carbocycles. The quantitative estimate of drug-likeness (QED) is 0.0261. The first-order valence-corrected chi connectivity index (χ1v) is 29.6. The molecule has 0 aliphatic rings. The van der Waals surface area contributed by atoms with Crippen LogP contribution in [0.2, 0.25) is 0 Å². The predicted octanol–water partition coefficient (Wildman–Crippen LogP) is 19.9. The second kappa shape index (κ2) is 58.2. The summed E-state index contributed by atoms with van der Waals surface area (Å²) in [5.41, 5.74) is 0. The molecule has 0 aliphatic carbocycles. The van der Waals surface area contributed by atoms with Gasteiger partial charge in [0.05, 0.1) is 0 Å². The normalized spacial score (nSPS) is 12.7. The minimum absolute atomic E-state index is 0.0789. The molecule has 0 amide bonds. The van der Waals surface area contributed by atoms with Crippen LogP contribution in [-0.4, -0.2) is 37.2 Å². The smallest absolute Gasteiger partial charge is 0.306 e. The van der Waals surface area contributed by atoms with Crippen molar-refractivity contribution >= 4 is 17.9 Å². The van der Waals surface area contributed by atoms with Gasteiger partial charge in [-0.3, -0.25) is 14.4 Å². The van der Waals surface area contributed by atoms with E-state index in [4.69, 9.17) is 14.2 Å². The van der Waals surface area contributed by atoms with Crippen molar-refractivity contribution < 1.29 is 28.6 Å². The molecule has 0 N–H and O–H groups in total. The molecule has 0 fully saturated rings. The molecule has 6 nitrogen and oxygen atoms in total. The van der Waals surface area contributed by atoms with Gasteiger partial charge in [0.25, 0.3) is 0 Å². The van der Waals surface area contributed by atoms with Crippen LogP contribution in [0.1, 0.15) is 284 Å². The standard InChI is InChI=1S/C64H110O6/c1-4-7-10-13-16-19-22-24-26-27-28-29-30-31-32-33-34-35-36-37-38-40-42-45-48-51-54-57-63(66)69-60-61(59-68-62(65)56-53-50-47-44-41-21-18-15-12-9-6-3)70-64(67)58-55-52-49-46-43-39-25-23-20-17-14-11-8-5-2/h7,10,16,19,24,26,28-29,31-32,34-35,37-38,61H,4-6,8-9,11-15,17-18,20-23,25,27,30,33,36,39-60H2,1-3H3/b10-7-,19-16-,26-24-,29-28-,32-31-,35-34-,38-37-. The largest absolute Gasteiger partial charge is 0.462 e. The van der Waals surface area contributed by atoms with Gasteiger partial charge in [0.2, 0.25) is 0 Å². The zero-order valence-electron chi connectivity index (χ0n) is 46.0. The van der Waals surface area contributed by atoms with E-state index in [0.717, 1.165) is 122 Å². The van der Waals surface area contributed by atoms with Crippen molar-refractivity contribution in [3.63, 3.8) is 0 Å². The van der Waals surface area contributed by atoms with E-state index in [1.165, 1.54) is 122 Å². The van der Waals surface area contributed by atoms with Crippen LogP contribution in [0.3, 0.4) is 0 Å². The summed E-state index contributed by atoms with van der Waals surface area (Å²) >= 11 is 0. The minimum atomic E-state index is -0.781. The fourth-order valence-electron chi connectivity index (χ4n) is 8.25. The van der Waals surface area contributed by atoms with Crippen molar-refractivity contribution in [3.8, 4) is 0 Å². The zero-order chi connectivity index (χ0) is 50.7. The molecular weight excluding hydrogens is 865 g/mol. The number of allylic oxidation sites excluding steroid dienone is 14. The molecule has 6 heteroatoms. The van der Waals surface area contributed by atoms with Gasteiger partial charge in [-0.25, -0.2) is 0 Å². The first kappa shape index (κ1) is 66.6. The Bertz CT molecular complexity index is 1350. The molecule has 0 radical (unpaired) electrons. The van der Waals surface area contributed by atoms with Crippen LogP contribution >= 0.6 is 0 Å². The number of ether oxygens (including phenoxy) is 3. The van der Waals surface area contributed by atoms with Crippen LogP contribution in [0.5, 0.6) is 0 Å². The molecule has 0 aromatic rings. The van der Waals surface area contributed by atoms with Crippen molar-refractivity contribution in [2.24, 2.45) is 0 Å². The molecule has 70 heavy (non-hydrogen) atoms. The van der Waals surface area contributed by atoms with Crippen LogP contribution in [-0.2, 0) is 28.6 Å². The maximum Gasteiger partial charge on any atom is 0.306 e. The summed E-state index contributed by atoms with van der Waals surface area (Å²) in [7, 11) is 0. The Hall–Kier alpha value is -3.41. The van der Waals surface area contributed by atoms with E-state index in [0.29, 0.717) is 19.3 Å². The molecule has 0 saturated heterocycles. The van der Waals surface area contributed by atoms with E-state index in [9.17, 15) is 14.4 Å². The lowest BCUT2D eigenvalue weighted by molar-refractivity contribution is -0.167. The molecule has 0 aromatic heterocycles. The van der Waals surface area contributed by atoms with Crippen LogP contribution < -0.4 is 0 Å². The first-order valence-electron chi connectivity index (χ1n) is 29.6. The van der Waals surface area contributed by atoms with Gasteiger partial charge in [-0.2, -0.15) is 0 Å². The fraction of sp³-hybridized carbons (Fsp3) is 0.734. The van der Waals surface area contributed by atoms with Gasteiger partial charge in [0.1, 0.15) is 13.2 Å². The summed E-state index contributed by atoms with van der Waals surface area (Å²) in [4.78, 5) is 38.1. The average molecular weight is 976 g/mol. The Morgan fingerprint density at radius 3 is 0.871 bits per heavy atom. The highest BCUT2D eigenvalue weighted by molar-refractivity contribution is 5.71. The Kier molecular flexibility index (Phi) is 55.3. The lowest BCUT2D eigenvalue weighted by Crippen LogP contribution is -2.30. The third-order valence-electron chi connectivity index (χ3n) is 12.7. The molecular formula is C64H110O6. The summed E-state index contributed by atoms with van der Waals surface area (Å²) in [6.07, 6.45) is 75.8. The van der Waals surface area contributed by atoms with Gasteiger partial charge < -0.3 is 14.2 Å². The molecule has 1 unspecified atom stereocenters. The third kappa shape index (κ3) is 55.5. The van der Waals surface area contributed by atoms with Crippen molar-refractivity contribution in [1.82, 2.24) is 0 Å². The summed E-state index contributed by atoms with van der Waals surface area (Å²) in [6.45, 7) is 6.52. The van der Waals surface area contributed by atoms with Crippen LogP contribution in [0.15, 0.2) is 85.1 Å². The zero-order valence-corrected chi connectivity index (χ0v) is 46.0. The summed E-state index contributed by atoms with van der Waals surface area (Å²) in [5, 5.41) is 0. The number of carbonyl (C=O) groups excluding carboxylic acids is 3. The SMILES string of the molecule is CC/C=C\C/C=C\C/C=C\C/C=C\C/C=C\C/C=C\C/C=C\CCCCCCCC(=O)OCC(COC(=O)CCCCCCCCCCCCC)OC(=O)CCCCCCCCCCCCCCCC. The van der Waals surface area contributed by atoms with E-state index in [2.05, 4.69) is 106 Å². The fourth-order valence-corrected chi connectivity index (χ4v) is 8.25.